The lowest BCUT2D eigenvalue weighted by molar-refractivity contribution is 0.622. The number of fused-ring (bicyclic) bond motifs is 1. The third kappa shape index (κ3) is 2.03. The molecule has 2 heterocycles. The first-order chi connectivity index (χ1) is 7.95. The van der Waals surface area contributed by atoms with Gasteiger partial charge in [0.2, 0.25) is 0 Å². The summed E-state index contributed by atoms with van der Waals surface area (Å²) in [5.74, 6) is 0. The molecule has 3 heteroatoms. The molecule has 1 aliphatic heterocycles. The first-order valence-corrected chi connectivity index (χ1v) is 6.24. The van der Waals surface area contributed by atoms with Crippen molar-refractivity contribution in [2.75, 3.05) is 5.73 Å². The molecule has 2 rings (SSSR count). The molecular weight excluding hydrogens is 228 g/mol. The number of nitrogens with zero attached hydrogens (tertiary/aromatic N) is 1. The Labute approximate surface area is 106 Å². The first-order valence-electron chi connectivity index (χ1n) is 5.42. The Bertz CT molecular complexity index is 527. The molecule has 1 aliphatic rings. The van der Waals surface area contributed by atoms with E-state index in [1.807, 2.05) is 12.1 Å². The lowest BCUT2D eigenvalue weighted by Crippen LogP contribution is -2.19. The van der Waals surface area contributed by atoms with E-state index in [0.717, 1.165) is 21.1 Å². The fraction of sp³-hybridized carbons (Fsp3) is 0.214. The van der Waals surface area contributed by atoms with E-state index < -0.39 is 0 Å². The summed E-state index contributed by atoms with van der Waals surface area (Å²) in [7, 11) is 0. The largest absolute Gasteiger partial charge is 0.397 e. The smallest absolute Gasteiger partial charge is 0.105 e. The molecule has 0 fully saturated rings. The fourth-order valence-corrected chi connectivity index (χ4v) is 2.80. The third-order valence-electron chi connectivity index (χ3n) is 3.08. The van der Waals surface area contributed by atoms with E-state index in [1.165, 1.54) is 0 Å². The molecule has 0 aliphatic carbocycles. The van der Waals surface area contributed by atoms with Gasteiger partial charge < -0.3 is 5.73 Å². The van der Waals surface area contributed by atoms with E-state index in [2.05, 4.69) is 38.1 Å². The highest BCUT2D eigenvalue weighted by Crippen LogP contribution is 2.43. The molecule has 2 N–H and O–H groups in total. The zero-order chi connectivity index (χ0) is 12.6. The molecule has 0 amide bonds. The summed E-state index contributed by atoms with van der Waals surface area (Å²) in [5.41, 5.74) is 8.53. The quantitative estimate of drug-likeness (QED) is 0.819. The number of allylic oxidation sites excluding steroid dienone is 3. The van der Waals surface area contributed by atoms with Gasteiger partial charge in [0.15, 0.2) is 0 Å². The normalized spacial score (nSPS) is 18.0. The minimum atomic E-state index is -0.157. The third-order valence-corrected chi connectivity index (χ3v) is 4.12. The summed E-state index contributed by atoms with van der Waals surface area (Å²) in [6.45, 7) is 12.2. The molecule has 0 unspecified atom stereocenters. The SMILES string of the molecule is C=CC1=CC(=C)C(C)(C)c2cc(N)cnc2S1. The van der Waals surface area contributed by atoms with E-state index in [9.17, 15) is 0 Å². The minimum Gasteiger partial charge on any atom is -0.397 e. The van der Waals surface area contributed by atoms with Gasteiger partial charge in [-0.25, -0.2) is 4.98 Å². The summed E-state index contributed by atoms with van der Waals surface area (Å²) in [6, 6.07) is 1.99. The van der Waals surface area contributed by atoms with Crippen molar-refractivity contribution in [3.05, 3.63) is 53.6 Å². The molecule has 0 radical (unpaired) electrons. The summed E-state index contributed by atoms with van der Waals surface area (Å²) < 4.78 is 0. The van der Waals surface area contributed by atoms with Crippen molar-refractivity contribution < 1.29 is 0 Å². The Hall–Kier alpha value is -1.48. The topological polar surface area (TPSA) is 38.9 Å². The number of hydrogen-bond acceptors (Lipinski definition) is 3. The second-order valence-electron chi connectivity index (χ2n) is 4.62. The number of aromatic nitrogens is 1. The summed E-state index contributed by atoms with van der Waals surface area (Å²) >= 11 is 1.61. The number of rotatable bonds is 1. The molecular formula is C14H16N2S. The molecule has 1 aromatic rings. The van der Waals surface area contributed by atoms with Gasteiger partial charge >= 0.3 is 0 Å². The second-order valence-corrected chi connectivity index (χ2v) is 5.69. The zero-order valence-corrected chi connectivity index (χ0v) is 11.0. The fourth-order valence-electron chi connectivity index (χ4n) is 1.76. The first kappa shape index (κ1) is 12.0. The van der Waals surface area contributed by atoms with Crippen molar-refractivity contribution in [3.8, 4) is 0 Å². The summed E-state index contributed by atoms with van der Waals surface area (Å²) in [5, 5.41) is 0.981. The Kier molecular flexibility index (Phi) is 2.87. The maximum absolute atomic E-state index is 5.83. The predicted octanol–water partition coefficient (Wildman–Crippen LogP) is 3.67. The van der Waals surface area contributed by atoms with E-state index in [1.54, 1.807) is 18.0 Å². The van der Waals surface area contributed by atoms with Crippen molar-refractivity contribution in [1.82, 2.24) is 4.98 Å². The molecule has 0 saturated carbocycles. The molecule has 1 aromatic heterocycles. The number of nitrogens with two attached hydrogens (primary N) is 1. The van der Waals surface area contributed by atoms with Crippen molar-refractivity contribution in [2.24, 2.45) is 0 Å². The van der Waals surface area contributed by atoms with Crippen LogP contribution in [0.1, 0.15) is 19.4 Å². The van der Waals surface area contributed by atoms with Crippen molar-refractivity contribution in [2.45, 2.75) is 24.3 Å². The maximum Gasteiger partial charge on any atom is 0.105 e. The van der Waals surface area contributed by atoms with Gasteiger partial charge in [-0.1, -0.05) is 44.8 Å². The Morgan fingerprint density at radius 1 is 1.47 bits per heavy atom. The molecule has 2 nitrogen and oxygen atoms in total. The van der Waals surface area contributed by atoms with E-state index in [4.69, 9.17) is 5.73 Å². The number of thioether (sulfide) groups is 1. The lowest BCUT2D eigenvalue weighted by atomic mass is 9.79. The van der Waals surface area contributed by atoms with Gasteiger partial charge in [-0.05, 0) is 23.3 Å². The molecule has 0 aromatic carbocycles. The van der Waals surface area contributed by atoms with E-state index in [0.29, 0.717) is 5.69 Å². The van der Waals surface area contributed by atoms with Crippen LogP contribution in [-0.4, -0.2) is 4.98 Å². The Morgan fingerprint density at radius 2 is 2.18 bits per heavy atom. The molecule has 0 bridgehead atoms. The minimum absolute atomic E-state index is 0.157. The van der Waals surface area contributed by atoms with Crippen molar-refractivity contribution in [3.63, 3.8) is 0 Å². The van der Waals surface area contributed by atoms with Crippen LogP contribution in [0.25, 0.3) is 0 Å². The van der Waals surface area contributed by atoms with Crippen LogP contribution in [0.2, 0.25) is 0 Å². The van der Waals surface area contributed by atoms with Crippen LogP contribution >= 0.6 is 11.8 Å². The molecule has 0 atom stereocenters. The number of pyridine rings is 1. The van der Waals surface area contributed by atoms with Crippen LogP contribution in [0.5, 0.6) is 0 Å². The van der Waals surface area contributed by atoms with Crippen molar-refractivity contribution >= 4 is 17.4 Å². The van der Waals surface area contributed by atoms with E-state index >= 15 is 0 Å². The molecule has 17 heavy (non-hydrogen) atoms. The van der Waals surface area contributed by atoms with Gasteiger partial charge in [-0.15, -0.1) is 0 Å². The molecule has 0 spiro atoms. The average molecular weight is 244 g/mol. The van der Waals surface area contributed by atoms with Crippen LogP contribution in [0.3, 0.4) is 0 Å². The number of hydrogen-bond donors (Lipinski definition) is 1. The Morgan fingerprint density at radius 3 is 2.82 bits per heavy atom. The second kappa shape index (κ2) is 4.08. The van der Waals surface area contributed by atoms with Crippen LogP contribution < -0.4 is 5.73 Å². The monoisotopic (exact) mass is 244 g/mol. The molecule has 88 valence electrons. The highest BCUT2D eigenvalue weighted by Gasteiger charge is 2.29. The van der Waals surface area contributed by atoms with Gasteiger partial charge in [0.1, 0.15) is 5.03 Å². The van der Waals surface area contributed by atoms with Crippen molar-refractivity contribution in [1.29, 1.82) is 0 Å². The highest BCUT2D eigenvalue weighted by molar-refractivity contribution is 8.03. The van der Waals surface area contributed by atoms with Crippen LogP contribution in [0.4, 0.5) is 5.69 Å². The number of anilines is 1. The van der Waals surface area contributed by atoms with E-state index in [-0.39, 0.29) is 5.41 Å². The number of nitrogen functional groups attached to an aromatic ring is 1. The van der Waals surface area contributed by atoms with Crippen LogP contribution in [0, 0.1) is 0 Å². The van der Waals surface area contributed by atoms with Crippen LogP contribution in [0.15, 0.2) is 53.1 Å². The van der Waals surface area contributed by atoms with Gasteiger partial charge in [0.25, 0.3) is 0 Å². The van der Waals surface area contributed by atoms with Crippen LogP contribution in [-0.2, 0) is 5.41 Å². The summed E-state index contributed by atoms with van der Waals surface area (Å²) in [4.78, 5) is 5.48. The average Bonchev–Trinajstić information content (AvgIpc) is 2.37. The van der Waals surface area contributed by atoms with Gasteiger partial charge in [0, 0.05) is 10.3 Å². The summed E-state index contributed by atoms with van der Waals surface area (Å²) in [6.07, 6.45) is 5.59. The van der Waals surface area contributed by atoms with Gasteiger partial charge in [-0.3, -0.25) is 0 Å². The Balaban J connectivity index is 2.67. The predicted molar refractivity (Wildman–Crippen MR) is 75.0 cm³/mol. The maximum atomic E-state index is 5.83. The van der Waals surface area contributed by atoms with Gasteiger partial charge in [-0.2, -0.15) is 0 Å². The molecule has 0 saturated heterocycles. The highest BCUT2D eigenvalue weighted by atomic mass is 32.2. The standard InChI is InChI=1S/C14H16N2S/c1-5-11-6-9(2)14(3,4)12-7-10(15)8-16-13(12)17-11/h5-8H,1-2,15H2,3-4H3. The lowest BCUT2D eigenvalue weighted by Gasteiger charge is -2.26. The zero-order valence-electron chi connectivity index (χ0n) is 10.2. The van der Waals surface area contributed by atoms with Gasteiger partial charge in [0.05, 0.1) is 11.9 Å².